The Morgan fingerprint density at radius 1 is 1.52 bits per heavy atom. The van der Waals surface area contributed by atoms with E-state index in [1.807, 2.05) is 0 Å². The molecule has 0 radical (unpaired) electrons. The van der Waals surface area contributed by atoms with Gasteiger partial charge in [0.05, 0.1) is 12.9 Å². The number of aliphatic imine (C=N–C) groups is 1. The van der Waals surface area contributed by atoms with Crippen LogP contribution in [0.5, 0.6) is 0 Å². The van der Waals surface area contributed by atoms with Crippen LogP contribution in [0.3, 0.4) is 0 Å². The molecule has 0 unspecified atom stereocenters. The van der Waals surface area contributed by atoms with E-state index in [-0.39, 0.29) is 5.84 Å². The maximum absolute atomic E-state index is 13.1. The SMILES string of the molecule is CC1=CC2=N[C@@](O)(C(F)(F)F)[C@H](COS(C)(=O)=O)N2C=C1. The van der Waals surface area contributed by atoms with Crippen molar-refractivity contribution in [2.75, 3.05) is 12.9 Å². The van der Waals surface area contributed by atoms with Gasteiger partial charge in [-0.05, 0) is 24.6 Å². The zero-order chi connectivity index (χ0) is 16.1. The number of fused-ring (bicyclic) bond motifs is 1. The van der Waals surface area contributed by atoms with Crippen LogP contribution in [0.4, 0.5) is 13.2 Å². The molecule has 0 aromatic carbocycles. The first-order valence-corrected chi connectivity index (χ1v) is 7.64. The van der Waals surface area contributed by atoms with Crippen molar-refractivity contribution in [1.82, 2.24) is 4.90 Å². The molecule has 0 bridgehead atoms. The van der Waals surface area contributed by atoms with Crippen LogP contribution >= 0.6 is 0 Å². The van der Waals surface area contributed by atoms with E-state index < -0.39 is 34.7 Å². The lowest BCUT2D eigenvalue weighted by Crippen LogP contribution is -2.56. The van der Waals surface area contributed by atoms with Gasteiger partial charge in [-0.25, -0.2) is 4.99 Å². The number of halogens is 3. The Bertz CT molecular complexity index is 638. The Hall–Kier alpha value is -1.39. The summed E-state index contributed by atoms with van der Waals surface area (Å²) in [7, 11) is -3.95. The van der Waals surface area contributed by atoms with Crippen LogP contribution in [0.15, 0.2) is 28.9 Å². The van der Waals surface area contributed by atoms with Crippen LogP contribution in [0.2, 0.25) is 0 Å². The van der Waals surface area contributed by atoms with Gasteiger partial charge in [0.1, 0.15) is 11.9 Å². The molecule has 2 heterocycles. The van der Waals surface area contributed by atoms with Gasteiger partial charge in [-0.1, -0.05) is 0 Å². The normalized spacial score (nSPS) is 29.2. The molecule has 2 aliphatic rings. The summed E-state index contributed by atoms with van der Waals surface area (Å²) in [6.07, 6.45) is -0.176. The van der Waals surface area contributed by atoms with Gasteiger partial charge in [0.15, 0.2) is 0 Å². The number of hydrogen-bond donors (Lipinski definition) is 1. The first kappa shape index (κ1) is 16.0. The number of nitrogens with zero attached hydrogens (tertiary/aromatic N) is 2. The maximum atomic E-state index is 13.1. The lowest BCUT2D eigenvalue weighted by molar-refractivity contribution is -0.268. The second-order valence-corrected chi connectivity index (χ2v) is 6.45. The topological polar surface area (TPSA) is 79.2 Å². The summed E-state index contributed by atoms with van der Waals surface area (Å²) >= 11 is 0. The molecule has 2 rings (SSSR count). The standard InChI is InChI=1S/C11H13F3N2O4S/c1-7-3-4-16-8(6-20-21(2,18)19)10(17,11(12,13)14)15-9(16)5-7/h3-5,8,17H,6H2,1-2H3/t8-,10-/m0/s1. The van der Waals surface area contributed by atoms with E-state index in [0.29, 0.717) is 11.8 Å². The summed E-state index contributed by atoms with van der Waals surface area (Å²) < 4.78 is 65.8. The van der Waals surface area contributed by atoms with Crippen molar-refractivity contribution in [3.05, 3.63) is 23.9 Å². The van der Waals surface area contributed by atoms with Gasteiger partial charge < -0.3 is 10.0 Å². The molecule has 118 valence electrons. The largest absolute Gasteiger partial charge is 0.440 e. The van der Waals surface area contributed by atoms with Crippen LogP contribution in [0, 0.1) is 0 Å². The van der Waals surface area contributed by atoms with E-state index in [1.165, 1.54) is 18.4 Å². The third-order valence-corrected chi connectivity index (χ3v) is 3.63. The van der Waals surface area contributed by atoms with E-state index in [2.05, 4.69) is 9.18 Å². The minimum Gasteiger partial charge on any atom is -0.360 e. The smallest absolute Gasteiger partial charge is 0.360 e. The molecule has 2 atom stereocenters. The molecule has 21 heavy (non-hydrogen) atoms. The lowest BCUT2D eigenvalue weighted by atomic mass is 10.0. The van der Waals surface area contributed by atoms with Gasteiger partial charge >= 0.3 is 6.18 Å². The minimum atomic E-state index is -5.07. The highest BCUT2D eigenvalue weighted by Gasteiger charge is 2.64. The number of alkyl halides is 3. The molecule has 0 aromatic heterocycles. The Kier molecular flexibility index (Phi) is 3.67. The summed E-state index contributed by atoms with van der Waals surface area (Å²) in [6.45, 7) is 0.780. The van der Waals surface area contributed by atoms with Crippen molar-refractivity contribution in [3.8, 4) is 0 Å². The van der Waals surface area contributed by atoms with E-state index in [1.54, 1.807) is 6.92 Å². The van der Waals surface area contributed by atoms with E-state index in [0.717, 1.165) is 4.90 Å². The van der Waals surface area contributed by atoms with Crippen LogP contribution in [-0.2, 0) is 14.3 Å². The van der Waals surface area contributed by atoms with Crippen molar-refractivity contribution in [3.63, 3.8) is 0 Å². The molecule has 1 N–H and O–H groups in total. The fraction of sp³-hybridized carbons (Fsp3) is 0.545. The fourth-order valence-electron chi connectivity index (χ4n) is 2.03. The number of aliphatic hydroxyl groups is 1. The maximum Gasteiger partial charge on any atom is 0.440 e. The van der Waals surface area contributed by atoms with Crippen molar-refractivity contribution < 1.29 is 30.9 Å². The van der Waals surface area contributed by atoms with Crippen LogP contribution in [0.1, 0.15) is 6.92 Å². The lowest BCUT2D eigenvalue weighted by Gasteiger charge is -2.33. The molecule has 0 aromatic rings. The van der Waals surface area contributed by atoms with Gasteiger partial charge in [0, 0.05) is 6.20 Å². The predicted molar refractivity (Wildman–Crippen MR) is 67.8 cm³/mol. The molecular weight excluding hydrogens is 313 g/mol. The Morgan fingerprint density at radius 3 is 2.67 bits per heavy atom. The Labute approximate surface area is 119 Å². The number of hydrogen-bond acceptors (Lipinski definition) is 6. The summed E-state index contributed by atoms with van der Waals surface area (Å²) in [4.78, 5) is 4.36. The van der Waals surface area contributed by atoms with Crippen molar-refractivity contribution in [1.29, 1.82) is 0 Å². The molecular formula is C11H13F3N2O4S. The van der Waals surface area contributed by atoms with Gasteiger partial charge in [-0.3, -0.25) is 4.18 Å². The third-order valence-electron chi connectivity index (χ3n) is 3.06. The molecule has 6 nitrogen and oxygen atoms in total. The van der Waals surface area contributed by atoms with Gasteiger partial charge in [0.25, 0.3) is 15.8 Å². The summed E-state index contributed by atoms with van der Waals surface area (Å²) in [5.74, 6) is -0.100. The van der Waals surface area contributed by atoms with Crippen LogP contribution in [-0.4, -0.2) is 55.1 Å². The first-order valence-electron chi connectivity index (χ1n) is 5.82. The zero-order valence-corrected chi connectivity index (χ0v) is 11.9. The van der Waals surface area contributed by atoms with Gasteiger partial charge in [-0.2, -0.15) is 21.6 Å². The summed E-state index contributed by atoms with van der Waals surface area (Å²) in [5.41, 5.74) is -2.78. The Balaban J connectivity index is 2.39. The van der Waals surface area contributed by atoms with Crippen molar-refractivity contribution in [2.24, 2.45) is 4.99 Å². The number of rotatable bonds is 3. The highest BCUT2D eigenvalue weighted by atomic mass is 32.2. The van der Waals surface area contributed by atoms with Gasteiger partial charge in [0.2, 0.25) is 0 Å². The van der Waals surface area contributed by atoms with Crippen molar-refractivity contribution >= 4 is 16.0 Å². The first-order chi connectivity index (χ1) is 9.44. The minimum absolute atomic E-state index is 0.100. The second-order valence-electron chi connectivity index (χ2n) is 4.81. The van der Waals surface area contributed by atoms with Crippen LogP contribution < -0.4 is 0 Å². The van der Waals surface area contributed by atoms with Crippen molar-refractivity contribution in [2.45, 2.75) is 24.9 Å². The second kappa shape index (κ2) is 4.82. The summed E-state index contributed by atoms with van der Waals surface area (Å²) in [6, 6.07) is -1.72. The molecule has 0 saturated carbocycles. The number of amidine groups is 1. The zero-order valence-electron chi connectivity index (χ0n) is 11.1. The van der Waals surface area contributed by atoms with Crippen LogP contribution in [0.25, 0.3) is 0 Å². The highest BCUT2D eigenvalue weighted by Crippen LogP contribution is 2.41. The molecule has 0 saturated heterocycles. The summed E-state index contributed by atoms with van der Waals surface area (Å²) in [5, 5.41) is 9.91. The number of allylic oxidation sites excluding steroid dienone is 2. The molecule has 0 aliphatic carbocycles. The van der Waals surface area contributed by atoms with E-state index >= 15 is 0 Å². The highest BCUT2D eigenvalue weighted by molar-refractivity contribution is 7.85. The molecule has 0 fully saturated rings. The molecule has 0 amide bonds. The average Bonchev–Trinajstić information content (AvgIpc) is 2.57. The van der Waals surface area contributed by atoms with E-state index in [9.17, 15) is 26.7 Å². The predicted octanol–water partition coefficient (Wildman–Crippen LogP) is 0.770. The van der Waals surface area contributed by atoms with Gasteiger partial charge in [-0.15, -0.1) is 0 Å². The molecule has 0 spiro atoms. The fourth-order valence-corrected chi connectivity index (χ4v) is 2.41. The third kappa shape index (κ3) is 2.97. The molecule has 10 heteroatoms. The Morgan fingerprint density at radius 2 is 2.14 bits per heavy atom. The monoisotopic (exact) mass is 326 g/mol. The van der Waals surface area contributed by atoms with E-state index in [4.69, 9.17) is 0 Å². The average molecular weight is 326 g/mol. The molecule has 2 aliphatic heterocycles. The quantitative estimate of drug-likeness (QED) is 0.775.